The molecule has 0 aliphatic heterocycles. The molecule has 0 radical (unpaired) electrons. The molecule has 0 heterocycles. The fourth-order valence-corrected chi connectivity index (χ4v) is 1.38. The van der Waals surface area contributed by atoms with Crippen LogP contribution in [0.4, 0.5) is 8.78 Å². The minimum Gasteiger partial charge on any atom is -0.355 e. The van der Waals surface area contributed by atoms with E-state index >= 15 is 0 Å². The molecule has 1 aromatic rings. The van der Waals surface area contributed by atoms with Crippen LogP contribution in [0, 0.1) is 17.6 Å². The molecule has 18 heavy (non-hydrogen) atoms. The first-order valence-electron chi connectivity index (χ1n) is 5.91. The summed E-state index contributed by atoms with van der Waals surface area (Å²) in [6.07, 6.45) is 0. The molecule has 1 amide bonds. The molecule has 0 unspecified atom stereocenters. The van der Waals surface area contributed by atoms with E-state index in [2.05, 4.69) is 10.6 Å². The van der Waals surface area contributed by atoms with Crippen molar-refractivity contribution in [3.8, 4) is 0 Å². The Morgan fingerprint density at radius 1 is 1.33 bits per heavy atom. The first-order valence-corrected chi connectivity index (χ1v) is 5.91. The molecule has 0 fully saturated rings. The smallest absolute Gasteiger partial charge is 0.233 e. The van der Waals surface area contributed by atoms with Gasteiger partial charge in [-0.05, 0) is 12.0 Å². The predicted molar refractivity (Wildman–Crippen MR) is 65.9 cm³/mol. The molecule has 0 aromatic heterocycles. The third kappa shape index (κ3) is 4.79. The molecular weight excluding hydrogens is 238 g/mol. The molecule has 2 N–H and O–H groups in total. The number of halogens is 2. The van der Waals surface area contributed by atoms with E-state index < -0.39 is 11.6 Å². The number of hydrogen-bond donors (Lipinski definition) is 2. The first-order chi connectivity index (χ1) is 8.50. The van der Waals surface area contributed by atoms with E-state index in [1.807, 2.05) is 13.8 Å². The summed E-state index contributed by atoms with van der Waals surface area (Å²) in [5.74, 6) is -1.51. The van der Waals surface area contributed by atoms with E-state index in [0.717, 1.165) is 6.07 Å². The Kier molecular flexibility index (Phi) is 5.71. The lowest BCUT2D eigenvalue weighted by Crippen LogP contribution is -2.35. The SMILES string of the molecule is CC(C)CNC(=O)CNCc1cccc(F)c1F. The normalized spacial score (nSPS) is 10.7. The Labute approximate surface area is 106 Å². The standard InChI is InChI=1S/C13H18F2N2O/c1-9(2)6-17-12(18)8-16-7-10-4-3-5-11(14)13(10)15/h3-5,9,16H,6-8H2,1-2H3,(H,17,18). The lowest BCUT2D eigenvalue weighted by molar-refractivity contribution is -0.120. The average molecular weight is 256 g/mol. The van der Waals surface area contributed by atoms with E-state index in [0.29, 0.717) is 12.5 Å². The number of nitrogens with one attached hydrogen (secondary N) is 2. The van der Waals surface area contributed by atoms with Crippen molar-refractivity contribution in [2.45, 2.75) is 20.4 Å². The van der Waals surface area contributed by atoms with Crippen LogP contribution in [-0.2, 0) is 11.3 Å². The van der Waals surface area contributed by atoms with Crippen molar-refractivity contribution in [3.63, 3.8) is 0 Å². The van der Waals surface area contributed by atoms with Crippen LogP contribution >= 0.6 is 0 Å². The second kappa shape index (κ2) is 7.06. The molecule has 0 aliphatic rings. The molecule has 0 bridgehead atoms. The van der Waals surface area contributed by atoms with E-state index in [-0.39, 0.29) is 24.6 Å². The summed E-state index contributed by atoms with van der Waals surface area (Å²) in [6, 6.07) is 3.99. The topological polar surface area (TPSA) is 41.1 Å². The van der Waals surface area contributed by atoms with Crippen LogP contribution in [0.2, 0.25) is 0 Å². The van der Waals surface area contributed by atoms with Gasteiger partial charge in [-0.25, -0.2) is 8.78 Å². The molecule has 0 atom stereocenters. The minimum atomic E-state index is -0.876. The number of rotatable bonds is 6. The quantitative estimate of drug-likeness (QED) is 0.815. The van der Waals surface area contributed by atoms with Gasteiger partial charge >= 0.3 is 0 Å². The van der Waals surface area contributed by atoms with E-state index in [9.17, 15) is 13.6 Å². The maximum Gasteiger partial charge on any atom is 0.233 e. The molecule has 100 valence electrons. The highest BCUT2D eigenvalue weighted by Gasteiger charge is 2.07. The van der Waals surface area contributed by atoms with E-state index in [4.69, 9.17) is 0 Å². The van der Waals surface area contributed by atoms with Crippen molar-refractivity contribution >= 4 is 5.91 Å². The lowest BCUT2D eigenvalue weighted by Gasteiger charge is -2.09. The van der Waals surface area contributed by atoms with Crippen molar-refractivity contribution in [1.82, 2.24) is 10.6 Å². The number of carbonyl (C=O) groups excluding carboxylic acids is 1. The zero-order valence-corrected chi connectivity index (χ0v) is 10.6. The van der Waals surface area contributed by atoms with Gasteiger partial charge < -0.3 is 10.6 Å². The van der Waals surface area contributed by atoms with Crippen LogP contribution in [0.1, 0.15) is 19.4 Å². The Bertz CT molecular complexity index is 408. The highest BCUT2D eigenvalue weighted by molar-refractivity contribution is 5.77. The molecule has 5 heteroatoms. The van der Waals surface area contributed by atoms with Crippen molar-refractivity contribution < 1.29 is 13.6 Å². The van der Waals surface area contributed by atoms with E-state index in [1.165, 1.54) is 12.1 Å². The second-order valence-electron chi connectivity index (χ2n) is 4.51. The van der Waals surface area contributed by atoms with Gasteiger partial charge in [0.15, 0.2) is 11.6 Å². The number of amides is 1. The zero-order chi connectivity index (χ0) is 13.5. The third-order valence-corrected chi connectivity index (χ3v) is 2.34. The summed E-state index contributed by atoms with van der Waals surface area (Å²) < 4.78 is 26.2. The van der Waals surface area contributed by atoms with Gasteiger partial charge in [-0.1, -0.05) is 26.0 Å². The Balaban J connectivity index is 2.33. The van der Waals surface area contributed by atoms with Crippen LogP contribution in [0.15, 0.2) is 18.2 Å². The van der Waals surface area contributed by atoms with Gasteiger partial charge in [-0.2, -0.15) is 0 Å². The Hall–Kier alpha value is -1.49. The maximum absolute atomic E-state index is 13.3. The predicted octanol–water partition coefficient (Wildman–Crippen LogP) is 1.83. The summed E-state index contributed by atoms with van der Waals surface area (Å²) in [6.45, 7) is 4.81. The highest BCUT2D eigenvalue weighted by atomic mass is 19.2. The average Bonchev–Trinajstić information content (AvgIpc) is 2.32. The highest BCUT2D eigenvalue weighted by Crippen LogP contribution is 2.10. The van der Waals surface area contributed by atoms with Gasteiger partial charge in [0.1, 0.15) is 0 Å². The van der Waals surface area contributed by atoms with Crippen LogP contribution in [-0.4, -0.2) is 19.0 Å². The first kappa shape index (κ1) is 14.6. The molecule has 1 rings (SSSR count). The number of benzene rings is 1. The summed E-state index contributed by atoms with van der Waals surface area (Å²) in [7, 11) is 0. The zero-order valence-electron chi connectivity index (χ0n) is 10.6. The van der Waals surface area contributed by atoms with Crippen molar-refractivity contribution in [3.05, 3.63) is 35.4 Å². The molecule has 0 spiro atoms. The van der Waals surface area contributed by atoms with E-state index in [1.54, 1.807) is 0 Å². The van der Waals surface area contributed by atoms with Gasteiger partial charge in [0.2, 0.25) is 5.91 Å². The largest absolute Gasteiger partial charge is 0.355 e. The Morgan fingerprint density at radius 3 is 2.72 bits per heavy atom. The fourth-order valence-electron chi connectivity index (χ4n) is 1.38. The lowest BCUT2D eigenvalue weighted by atomic mass is 10.2. The summed E-state index contributed by atoms with van der Waals surface area (Å²) in [5.41, 5.74) is 0.214. The van der Waals surface area contributed by atoms with Crippen LogP contribution in [0.5, 0.6) is 0 Å². The van der Waals surface area contributed by atoms with Crippen LogP contribution < -0.4 is 10.6 Å². The fraction of sp³-hybridized carbons (Fsp3) is 0.462. The summed E-state index contributed by atoms with van der Waals surface area (Å²) >= 11 is 0. The number of hydrogen-bond acceptors (Lipinski definition) is 2. The van der Waals surface area contributed by atoms with Crippen LogP contribution in [0.25, 0.3) is 0 Å². The maximum atomic E-state index is 13.3. The molecular formula is C13H18F2N2O. The van der Waals surface area contributed by atoms with Gasteiger partial charge in [0.25, 0.3) is 0 Å². The molecule has 0 aliphatic carbocycles. The Morgan fingerprint density at radius 2 is 2.06 bits per heavy atom. The molecule has 0 saturated carbocycles. The molecule has 1 aromatic carbocycles. The summed E-state index contributed by atoms with van der Waals surface area (Å²) in [4.78, 5) is 11.3. The van der Waals surface area contributed by atoms with Gasteiger partial charge in [-0.15, -0.1) is 0 Å². The monoisotopic (exact) mass is 256 g/mol. The third-order valence-electron chi connectivity index (χ3n) is 2.34. The minimum absolute atomic E-state index is 0.0860. The molecule has 3 nitrogen and oxygen atoms in total. The van der Waals surface area contributed by atoms with Crippen LogP contribution in [0.3, 0.4) is 0 Å². The second-order valence-corrected chi connectivity index (χ2v) is 4.51. The molecule has 0 saturated heterocycles. The van der Waals surface area contributed by atoms with Crippen molar-refractivity contribution in [2.75, 3.05) is 13.1 Å². The number of carbonyl (C=O) groups is 1. The van der Waals surface area contributed by atoms with Crippen molar-refractivity contribution in [2.24, 2.45) is 5.92 Å². The van der Waals surface area contributed by atoms with Gasteiger partial charge in [0, 0.05) is 18.7 Å². The van der Waals surface area contributed by atoms with Gasteiger partial charge in [-0.3, -0.25) is 4.79 Å². The van der Waals surface area contributed by atoms with Gasteiger partial charge in [0.05, 0.1) is 6.54 Å². The summed E-state index contributed by atoms with van der Waals surface area (Å²) in [5, 5.41) is 5.50. The van der Waals surface area contributed by atoms with Crippen molar-refractivity contribution in [1.29, 1.82) is 0 Å².